The third-order valence-corrected chi connectivity index (χ3v) is 4.57. The maximum atomic E-state index is 9.74. The molecule has 1 heterocycles. The average molecular weight is 332 g/mol. The first-order valence-electron chi connectivity index (χ1n) is 8.43. The number of hydrogen-bond acceptors (Lipinski definition) is 3. The topological polar surface area (TPSA) is 38.7 Å². The van der Waals surface area contributed by atoms with E-state index in [4.69, 9.17) is 9.47 Å². The van der Waals surface area contributed by atoms with E-state index in [1.807, 2.05) is 44.2 Å². The molecule has 4 rings (SSSR count). The van der Waals surface area contributed by atoms with E-state index in [1.54, 1.807) is 6.08 Å². The highest BCUT2D eigenvalue weighted by molar-refractivity contribution is 5.83. The maximum Gasteiger partial charge on any atom is 0.217 e. The summed E-state index contributed by atoms with van der Waals surface area (Å²) >= 11 is 0. The highest BCUT2D eigenvalue weighted by atomic mass is 16.6. The van der Waals surface area contributed by atoms with Crippen LogP contribution in [0.1, 0.15) is 31.1 Å². The minimum Gasteiger partial charge on any atom is -0.486 e. The van der Waals surface area contributed by atoms with Crippen LogP contribution in [0.25, 0.3) is 16.3 Å². The molecule has 0 fully saturated rings. The van der Waals surface area contributed by atoms with Gasteiger partial charge in [-0.15, -0.1) is 0 Å². The van der Waals surface area contributed by atoms with Gasteiger partial charge in [0.2, 0.25) is 6.29 Å². The van der Waals surface area contributed by atoms with E-state index in [9.17, 15) is 5.11 Å². The van der Waals surface area contributed by atoms with E-state index in [2.05, 4.69) is 30.3 Å². The third kappa shape index (κ3) is 3.11. The van der Waals surface area contributed by atoms with Crippen LogP contribution in [0.3, 0.4) is 0 Å². The summed E-state index contributed by atoms with van der Waals surface area (Å²) in [5, 5.41) is 12.2. The Morgan fingerprint density at radius 3 is 2.64 bits per heavy atom. The van der Waals surface area contributed by atoms with Gasteiger partial charge in [0.15, 0.2) is 0 Å². The lowest BCUT2D eigenvalue weighted by Crippen LogP contribution is -2.17. The van der Waals surface area contributed by atoms with Gasteiger partial charge in [0, 0.05) is 11.6 Å². The Bertz CT molecular complexity index is 958. The zero-order valence-electron chi connectivity index (χ0n) is 14.3. The van der Waals surface area contributed by atoms with Crippen molar-refractivity contribution >= 4 is 16.3 Å². The summed E-state index contributed by atoms with van der Waals surface area (Å²) in [5.41, 5.74) is 3.10. The van der Waals surface area contributed by atoms with Crippen molar-refractivity contribution in [1.29, 1.82) is 0 Å². The highest BCUT2D eigenvalue weighted by Gasteiger charge is 2.18. The summed E-state index contributed by atoms with van der Waals surface area (Å²) in [4.78, 5) is 0. The number of fused-ring (bicyclic) bond motifs is 2. The molecular weight excluding hydrogens is 312 g/mol. The lowest BCUT2D eigenvalue weighted by molar-refractivity contribution is 0.0222. The van der Waals surface area contributed by atoms with Crippen LogP contribution in [0.15, 0.2) is 66.7 Å². The lowest BCUT2D eigenvalue weighted by Gasteiger charge is -2.22. The van der Waals surface area contributed by atoms with Gasteiger partial charge in [-0.1, -0.05) is 36.4 Å². The van der Waals surface area contributed by atoms with Gasteiger partial charge in [-0.2, -0.15) is 0 Å². The monoisotopic (exact) mass is 332 g/mol. The molecule has 3 heteroatoms. The minimum absolute atomic E-state index is 0.0900. The summed E-state index contributed by atoms with van der Waals surface area (Å²) in [6.07, 6.45) is 0.703. The molecule has 0 saturated heterocycles. The van der Waals surface area contributed by atoms with Crippen LogP contribution in [-0.2, 0) is 0 Å². The van der Waals surface area contributed by atoms with Crippen molar-refractivity contribution in [3.8, 4) is 11.5 Å². The van der Waals surface area contributed by atoms with Crippen molar-refractivity contribution < 1.29 is 14.6 Å². The molecule has 1 N–H and O–H groups in total. The molecular formula is C22H20O3. The number of aliphatic hydroxyl groups excluding tert-OH is 1. The van der Waals surface area contributed by atoms with Crippen molar-refractivity contribution in [2.45, 2.75) is 26.2 Å². The van der Waals surface area contributed by atoms with Crippen molar-refractivity contribution in [2.75, 3.05) is 0 Å². The van der Waals surface area contributed by atoms with Crippen molar-refractivity contribution in [3.63, 3.8) is 0 Å². The van der Waals surface area contributed by atoms with Gasteiger partial charge in [0.1, 0.15) is 17.6 Å². The van der Waals surface area contributed by atoms with Gasteiger partial charge in [-0.25, -0.2) is 0 Å². The van der Waals surface area contributed by atoms with E-state index in [-0.39, 0.29) is 6.10 Å². The van der Waals surface area contributed by atoms with Crippen LogP contribution in [0.2, 0.25) is 0 Å². The van der Waals surface area contributed by atoms with E-state index >= 15 is 0 Å². The summed E-state index contributed by atoms with van der Waals surface area (Å²) < 4.78 is 11.6. The van der Waals surface area contributed by atoms with E-state index in [0.29, 0.717) is 5.75 Å². The predicted octanol–water partition coefficient (Wildman–Crippen LogP) is 5.09. The molecule has 0 aromatic heterocycles. The van der Waals surface area contributed by atoms with Gasteiger partial charge < -0.3 is 14.6 Å². The summed E-state index contributed by atoms with van der Waals surface area (Å²) in [5.74, 6) is 1.37. The Kier molecular flexibility index (Phi) is 3.94. The molecule has 0 radical (unpaired) electrons. The van der Waals surface area contributed by atoms with Crippen LogP contribution in [0.5, 0.6) is 11.5 Å². The average Bonchev–Trinajstić information content (AvgIpc) is 2.60. The van der Waals surface area contributed by atoms with Crippen LogP contribution in [-0.4, -0.2) is 11.4 Å². The van der Waals surface area contributed by atoms with Crippen molar-refractivity contribution in [1.82, 2.24) is 0 Å². The largest absolute Gasteiger partial charge is 0.486 e. The second-order valence-electron chi connectivity index (χ2n) is 6.38. The quantitative estimate of drug-likeness (QED) is 0.726. The fraction of sp³-hybridized carbons (Fsp3) is 0.182. The van der Waals surface area contributed by atoms with Gasteiger partial charge >= 0.3 is 0 Å². The Hall–Kier alpha value is -2.78. The first-order valence-corrected chi connectivity index (χ1v) is 8.43. The number of hydrogen-bond donors (Lipinski definition) is 1. The second kappa shape index (κ2) is 6.26. The number of allylic oxidation sites excluding steroid dienone is 1. The Morgan fingerprint density at radius 2 is 1.80 bits per heavy atom. The molecule has 0 amide bonds. The summed E-state index contributed by atoms with van der Waals surface area (Å²) in [7, 11) is 0. The molecule has 126 valence electrons. The molecule has 0 aliphatic carbocycles. The Morgan fingerprint density at radius 1 is 1.00 bits per heavy atom. The van der Waals surface area contributed by atoms with Crippen molar-refractivity contribution in [3.05, 3.63) is 77.9 Å². The normalized spacial score (nSPS) is 17.4. The maximum absolute atomic E-state index is 9.74. The van der Waals surface area contributed by atoms with Crippen molar-refractivity contribution in [2.24, 2.45) is 0 Å². The molecule has 3 aromatic rings. The SMILES string of the molecule is CC1=CC(O)Oc2cc(OC(C)c3ccc4ccccc4c3)ccc21. The van der Waals surface area contributed by atoms with Gasteiger partial charge in [0.25, 0.3) is 0 Å². The number of rotatable bonds is 3. The molecule has 2 unspecified atom stereocenters. The first-order chi connectivity index (χ1) is 12.1. The molecule has 0 saturated carbocycles. The fourth-order valence-electron chi connectivity index (χ4n) is 3.20. The second-order valence-corrected chi connectivity index (χ2v) is 6.38. The van der Waals surface area contributed by atoms with Gasteiger partial charge in [-0.05, 0) is 60.0 Å². The molecule has 1 aliphatic rings. The summed E-state index contributed by atoms with van der Waals surface area (Å²) in [6, 6.07) is 20.4. The van der Waals surface area contributed by atoms with Gasteiger partial charge in [0.05, 0.1) is 0 Å². The molecule has 25 heavy (non-hydrogen) atoms. The van der Waals surface area contributed by atoms with Crippen LogP contribution in [0, 0.1) is 0 Å². The fourth-order valence-corrected chi connectivity index (χ4v) is 3.20. The molecule has 0 bridgehead atoms. The molecule has 3 aromatic carbocycles. The third-order valence-electron chi connectivity index (χ3n) is 4.57. The molecule has 3 nitrogen and oxygen atoms in total. The van der Waals surface area contributed by atoms with Crippen LogP contribution in [0.4, 0.5) is 0 Å². The molecule has 2 atom stereocenters. The van der Waals surface area contributed by atoms with Crippen LogP contribution < -0.4 is 9.47 Å². The van der Waals surface area contributed by atoms with E-state index in [1.165, 1.54) is 10.8 Å². The number of aliphatic hydroxyl groups is 1. The number of ether oxygens (including phenoxy) is 2. The van der Waals surface area contributed by atoms with Crippen LogP contribution >= 0.6 is 0 Å². The van der Waals surface area contributed by atoms with E-state index < -0.39 is 6.29 Å². The highest BCUT2D eigenvalue weighted by Crippen LogP contribution is 2.35. The smallest absolute Gasteiger partial charge is 0.217 e. The van der Waals surface area contributed by atoms with E-state index in [0.717, 1.165) is 22.4 Å². The first kappa shape index (κ1) is 15.7. The zero-order valence-corrected chi connectivity index (χ0v) is 14.3. The predicted molar refractivity (Wildman–Crippen MR) is 99.7 cm³/mol. The Labute approximate surface area is 147 Å². The zero-order chi connectivity index (χ0) is 17.4. The Balaban J connectivity index is 1.59. The molecule has 1 aliphatic heterocycles. The number of benzene rings is 3. The molecule has 0 spiro atoms. The minimum atomic E-state index is -0.902. The summed E-state index contributed by atoms with van der Waals surface area (Å²) in [6.45, 7) is 3.99. The van der Waals surface area contributed by atoms with Gasteiger partial charge in [-0.3, -0.25) is 0 Å². The lowest BCUT2D eigenvalue weighted by atomic mass is 10.0. The standard InChI is InChI=1S/C22H20O3/c1-14-11-22(23)25-21-13-19(9-10-20(14)21)24-15(2)17-8-7-16-5-3-4-6-18(16)12-17/h3-13,15,22-23H,1-2H3.